The summed E-state index contributed by atoms with van der Waals surface area (Å²) in [4.78, 5) is 4.05. The zero-order valence-corrected chi connectivity index (χ0v) is 10.1. The van der Waals surface area contributed by atoms with Crippen LogP contribution in [-0.4, -0.2) is 4.98 Å². The van der Waals surface area contributed by atoms with Gasteiger partial charge in [-0.05, 0) is 34.1 Å². The Morgan fingerprint density at radius 3 is 2.76 bits per heavy atom. The Morgan fingerprint density at radius 1 is 1.29 bits per heavy atom. The summed E-state index contributed by atoms with van der Waals surface area (Å²) in [5, 5.41) is 8.59. The molecule has 0 radical (unpaired) electrons. The second-order valence-corrected chi connectivity index (χ2v) is 3.97. The smallest absolute Gasteiger partial charge is 0.220 e. The molecule has 17 heavy (non-hydrogen) atoms. The van der Waals surface area contributed by atoms with E-state index in [9.17, 15) is 4.39 Å². The summed E-state index contributed by atoms with van der Waals surface area (Å²) in [6.45, 7) is 0. The normalized spacial score (nSPS) is 9.71. The summed E-state index contributed by atoms with van der Waals surface area (Å²) in [7, 11) is 0. The number of aromatic nitrogens is 1. The first-order chi connectivity index (χ1) is 8.19. The Bertz CT molecular complexity index is 595. The van der Waals surface area contributed by atoms with Gasteiger partial charge in [-0.1, -0.05) is 6.07 Å². The fourth-order valence-corrected chi connectivity index (χ4v) is 1.54. The number of benzene rings is 1. The first kappa shape index (κ1) is 11.6. The maximum atomic E-state index is 13.3. The Hall–Kier alpha value is -1.93. The van der Waals surface area contributed by atoms with Crippen molar-refractivity contribution in [2.75, 3.05) is 0 Å². The van der Waals surface area contributed by atoms with Gasteiger partial charge in [-0.3, -0.25) is 0 Å². The number of halogens is 2. The largest absolute Gasteiger partial charge is 0.439 e. The zero-order valence-electron chi connectivity index (χ0n) is 8.52. The van der Waals surface area contributed by atoms with Crippen molar-refractivity contribution in [3.63, 3.8) is 0 Å². The predicted molar refractivity (Wildman–Crippen MR) is 63.1 cm³/mol. The van der Waals surface area contributed by atoms with Crippen LogP contribution >= 0.6 is 15.9 Å². The quantitative estimate of drug-likeness (QED) is 0.794. The molecule has 3 nitrogen and oxygen atoms in total. The highest BCUT2D eigenvalue weighted by Crippen LogP contribution is 2.22. The molecule has 1 aromatic carbocycles. The Labute approximate surface area is 106 Å². The molecule has 0 saturated heterocycles. The molecule has 0 unspecified atom stereocenters. The molecule has 1 heterocycles. The first-order valence-corrected chi connectivity index (χ1v) is 5.48. The molecule has 0 aliphatic heterocycles. The highest BCUT2D eigenvalue weighted by Gasteiger charge is 2.05. The molecule has 2 rings (SSSR count). The molecule has 0 N–H and O–H groups in total. The maximum Gasteiger partial charge on any atom is 0.220 e. The first-order valence-electron chi connectivity index (χ1n) is 4.69. The van der Waals surface area contributed by atoms with Crippen LogP contribution in [0.5, 0.6) is 11.6 Å². The van der Waals surface area contributed by atoms with E-state index in [0.717, 1.165) is 6.07 Å². The average Bonchev–Trinajstić information content (AvgIpc) is 2.29. The third-order valence-corrected chi connectivity index (χ3v) is 2.41. The summed E-state index contributed by atoms with van der Waals surface area (Å²) in [6.07, 6.45) is 0. The van der Waals surface area contributed by atoms with Crippen molar-refractivity contribution >= 4 is 15.9 Å². The second kappa shape index (κ2) is 4.93. The van der Waals surface area contributed by atoms with E-state index in [1.54, 1.807) is 24.3 Å². The number of nitrogens with zero attached hydrogens (tertiary/aromatic N) is 2. The van der Waals surface area contributed by atoms with Gasteiger partial charge >= 0.3 is 0 Å². The standard InChI is InChI=1S/C12H6BrFN2O/c13-11-2-1-3-12(16-11)17-9-5-4-8(7-15)10(14)6-9/h1-6H. The van der Waals surface area contributed by atoms with Crippen molar-refractivity contribution < 1.29 is 9.13 Å². The Morgan fingerprint density at radius 2 is 2.12 bits per heavy atom. The number of ether oxygens (including phenoxy) is 1. The average molecular weight is 293 g/mol. The molecular formula is C12H6BrFN2O. The lowest BCUT2D eigenvalue weighted by Crippen LogP contribution is -1.90. The molecule has 5 heteroatoms. The van der Waals surface area contributed by atoms with Crippen LogP contribution in [0.15, 0.2) is 41.0 Å². The van der Waals surface area contributed by atoms with Gasteiger partial charge in [0, 0.05) is 12.1 Å². The van der Waals surface area contributed by atoms with E-state index in [4.69, 9.17) is 10.00 Å². The number of pyridine rings is 1. The lowest BCUT2D eigenvalue weighted by molar-refractivity contribution is 0.457. The van der Waals surface area contributed by atoms with Crippen molar-refractivity contribution in [1.29, 1.82) is 5.26 Å². The summed E-state index contributed by atoms with van der Waals surface area (Å²) in [5.41, 5.74) is -0.0143. The van der Waals surface area contributed by atoms with Crippen LogP contribution in [0.25, 0.3) is 0 Å². The van der Waals surface area contributed by atoms with Crippen LogP contribution in [-0.2, 0) is 0 Å². The van der Waals surface area contributed by atoms with Gasteiger partial charge < -0.3 is 4.74 Å². The van der Waals surface area contributed by atoms with E-state index < -0.39 is 5.82 Å². The highest BCUT2D eigenvalue weighted by atomic mass is 79.9. The van der Waals surface area contributed by atoms with Gasteiger partial charge in [0.2, 0.25) is 5.88 Å². The van der Waals surface area contributed by atoms with Gasteiger partial charge in [-0.2, -0.15) is 5.26 Å². The monoisotopic (exact) mass is 292 g/mol. The maximum absolute atomic E-state index is 13.3. The summed E-state index contributed by atoms with van der Waals surface area (Å²) in [5.74, 6) is 0.0376. The van der Waals surface area contributed by atoms with Crippen molar-refractivity contribution in [2.24, 2.45) is 0 Å². The van der Waals surface area contributed by atoms with Crippen LogP contribution in [0.4, 0.5) is 4.39 Å². The molecule has 2 aromatic rings. The summed E-state index contributed by atoms with van der Waals surface area (Å²) in [6, 6.07) is 10.9. The van der Waals surface area contributed by atoms with Crippen LogP contribution in [0.1, 0.15) is 5.56 Å². The van der Waals surface area contributed by atoms with Crippen LogP contribution in [0, 0.1) is 17.1 Å². The van der Waals surface area contributed by atoms with Crippen LogP contribution in [0.2, 0.25) is 0 Å². The van der Waals surface area contributed by atoms with E-state index >= 15 is 0 Å². The van der Waals surface area contributed by atoms with E-state index in [0.29, 0.717) is 16.2 Å². The second-order valence-electron chi connectivity index (χ2n) is 3.15. The fourth-order valence-electron chi connectivity index (χ4n) is 1.22. The molecule has 0 amide bonds. The topological polar surface area (TPSA) is 45.9 Å². The molecule has 0 aliphatic rings. The number of hydrogen-bond donors (Lipinski definition) is 0. The number of nitriles is 1. The van der Waals surface area contributed by atoms with Crippen molar-refractivity contribution in [3.8, 4) is 17.7 Å². The van der Waals surface area contributed by atoms with Gasteiger partial charge in [-0.25, -0.2) is 9.37 Å². The lowest BCUT2D eigenvalue weighted by atomic mass is 10.2. The summed E-state index contributed by atoms with van der Waals surface area (Å²) >= 11 is 3.20. The van der Waals surface area contributed by atoms with Crippen LogP contribution in [0.3, 0.4) is 0 Å². The molecule has 0 fully saturated rings. The van der Waals surface area contributed by atoms with E-state index in [1.807, 2.05) is 0 Å². The molecule has 0 saturated carbocycles. The molecule has 0 atom stereocenters. The third kappa shape index (κ3) is 2.80. The van der Waals surface area contributed by atoms with E-state index in [-0.39, 0.29) is 5.56 Å². The van der Waals surface area contributed by atoms with Crippen LogP contribution < -0.4 is 4.74 Å². The van der Waals surface area contributed by atoms with Gasteiger partial charge in [0.15, 0.2) is 0 Å². The van der Waals surface area contributed by atoms with E-state index in [2.05, 4.69) is 20.9 Å². The molecule has 84 valence electrons. The third-order valence-electron chi connectivity index (χ3n) is 1.97. The number of hydrogen-bond acceptors (Lipinski definition) is 3. The van der Waals surface area contributed by atoms with Crippen molar-refractivity contribution in [2.45, 2.75) is 0 Å². The summed E-state index contributed by atoms with van der Waals surface area (Å²) < 4.78 is 19.3. The van der Waals surface area contributed by atoms with Gasteiger partial charge in [0.05, 0.1) is 5.56 Å². The predicted octanol–water partition coefficient (Wildman–Crippen LogP) is 3.65. The molecule has 1 aromatic heterocycles. The molecular weight excluding hydrogens is 287 g/mol. The Balaban J connectivity index is 2.25. The molecule has 0 bridgehead atoms. The zero-order chi connectivity index (χ0) is 12.3. The highest BCUT2D eigenvalue weighted by molar-refractivity contribution is 9.10. The molecule has 0 aliphatic carbocycles. The SMILES string of the molecule is N#Cc1ccc(Oc2cccc(Br)n2)cc1F. The Kier molecular flexibility index (Phi) is 3.35. The fraction of sp³-hybridized carbons (Fsp3) is 0. The van der Waals surface area contributed by atoms with Gasteiger partial charge in [0.25, 0.3) is 0 Å². The number of rotatable bonds is 2. The van der Waals surface area contributed by atoms with Crippen molar-refractivity contribution in [1.82, 2.24) is 4.98 Å². The van der Waals surface area contributed by atoms with Gasteiger partial charge in [-0.15, -0.1) is 0 Å². The lowest BCUT2D eigenvalue weighted by Gasteiger charge is -2.05. The minimum Gasteiger partial charge on any atom is -0.439 e. The minimum absolute atomic E-state index is 0.0143. The molecule has 0 spiro atoms. The van der Waals surface area contributed by atoms with E-state index in [1.165, 1.54) is 12.1 Å². The van der Waals surface area contributed by atoms with Crippen molar-refractivity contribution in [3.05, 3.63) is 52.4 Å². The van der Waals surface area contributed by atoms with Gasteiger partial charge in [0.1, 0.15) is 22.2 Å². The minimum atomic E-state index is -0.611.